The highest BCUT2D eigenvalue weighted by Gasteiger charge is 2.04. The van der Waals surface area contributed by atoms with Crippen LogP contribution in [0, 0.1) is 11.3 Å². The SMILES string of the molecule is COc1ccc(C#N)cc1CNc1ccc(Cl)cc1. The number of nitrogens with one attached hydrogen (secondary N) is 1. The Morgan fingerprint density at radius 1 is 1.21 bits per heavy atom. The van der Waals surface area contributed by atoms with E-state index in [1.165, 1.54) is 0 Å². The smallest absolute Gasteiger partial charge is 0.123 e. The van der Waals surface area contributed by atoms with Gasteiger partial charge in [-0.25, -0.2) is 0 Å². The van der Waals surface area contributed by atoms with Gasteiger partial charge in [0, 0.05) is 22.8 Å². The number of benzene rings is 2. The molecule has 4 heteroatoms. The number of nitrogens with zero attached hydrogens (tertiary/aromatic N) is 1. The summed E-state index contributed by atoms with van der Waals surface area (Å²) in [7, 11) is 1.62. The monoisotopic (exact) mass is 272 g/mol. The van der Waals surface area contributed by atoms with Crippen LogP contribution in [0.15, 0.2) is 42.5 Å². The first kappa shape index (κ1) is 13.3. The van der Waals surface area contributed by atoms with Crippen molar-refractivity contribution in [2.75, 3.05) is 12.4 Å². The average molecular weight is 273 g/mol. The van der Waals surface area contributed by atoms with Crippen molar-refractivity contribution in [3.05, 3.63) is 58.6 Å². The predicted octanol–water partition coefficient (Wildman–Crippen LogP) is 3.83. The quantitative estimate of drug-likeness (QED) is 0.920. The molecule has 2 aromatic rings. The first-order chi connectivity index (χ1) is 9.22. The minimum absolute atomic E-state index is 0.584. The first-order valence-corrected chi connectivity index (χ1v) is 6.17. The second-order valence-corrected chi connectivity index (χ2v) is 4.44. The number of hydrogen-bond donors (Lipinski definition) is 1. The van der Waals surface area contributed by atoms with E-state index in [0.717, 1.165) is 17.0 Å². The van der Waals surface area contributed by atoms with Gasteiger partial charge in [-0.05, 0) is 42.5 Å². The highest BCUT2D eigenvalue weighted by molar-refractivity contribution is 6.30. The van der Waals surface area contributed by atoms with Crippen molar-refractivity contribution in [3.8, 4) is 11.8 Å². The summed E-state index contributed by atoms with van der Waals surface area (Å²) in [6, 6.07) is 15.0. The fraction of sp³-hybridized carbons (Fsp3) is 0.133. The number of nitriles is 1. The number of halogens is 1. The maximum atomic E-state index is 8.92. The summed E-state index contributed by atoms with van der Waals surface area (Å²) in [5, 5.41) is 12.9. The van der Waals surface area contributed by atoms with E-state index >= 15 is 0 Å². The van der Waals surface area contributed by atoms with Crippen molar-refractivity contribution in [2.45, 2.75) is 6.54 Å². The fourth-order valence-electron chi connectivity index (χ4n) is 1.75. The van der Waals surface area contributed by atoms with Gasteiger partial charge in [0.1, 0.15) is 5.75 Å². The molecule has 0 radical (unpaired) electrons. The molecule has 0 amide bonds. The van der Waals surface area contributed by atoms with Gasteiger partial charge < -0.3 is 10.1 Å². The molecule has 0 heterocycles. The van der Waals surface area contributed by atoms with Crippen LogP contribution < -0.4 is 10.1 Å². The molecule has 2 aromatic carbocycles. The van der Waals surface area contributed by atoms with Crippen LogP contribution >= 0.6 is 11.6 Å². The Hall–Kier alpha value is -2.18. The zero-order valence-electron chi connectivity index (χ0n) is 10.5. The van der Waals surface area contributed by atoms with Gasteiger partial charge in [-0.2, -0.15) is 5.26 Å². The molecule has 0 aliphatic heterocycles. The standard InChI is InChI=1S/C15H13ClN2O/c1-19-15-7-2-11(9-17)8-12(15)10-18-14-5-3-13(16)4-6-14/h2-8,18H,10H2,1H3. The highest BCUT2D eigenvalue weighted by Crippen LogP contribution is 2.21. The summed E-state index contributed by atoms with van der Waals surface area (Å²) < 4.78 is 5.28. The maximum absolute atomic E-state index is 8.92. The second kappa shape index (κ2) is 6.12. The lowest BCUT2D eigenvalue weighted by Gasteiger charge is -2.11. The molecule has 0 saturated heterocycles. The van der Waals surface area contributed by atoms with E-state index in [-0.39, 0.29) is 0 Å². The van der Waals surface area contributed by atoms with Crippen molar-refractivity contribution in [2.24, 2.45) is 0 Å². The van der Waals surface area contributed by atoms with Crippen LogP contribution in [0.2, 0.25) is 5.02 Å². The van der Waals surface area contributed by atoms with Gasteiger partial charge in [-0.1, -0.05) is 11.6 Å². The van der Waals surface area contributed by atoms with E-state index in [0.29, 0.717) is 17.1 Å². The summed E-state index contributed by atoms with van der Waals surface area (Å²) >= 11 is 5.83. The summed E-state index contributed by atoms with van der Waals surface area (Å²) in [5.41, 5.74) is 2.53. The minimum atomic E-state index is 0.584. The van der Waals surface area contributed by atoms with Crippen LogP contribution in [0.4, 0.5) is 5.69 Å². The topological polar surface area (TPSA) is 45.0 Å². The Balaban J connectivity index is 2.14. The number of methoxy groups -OCH3 is 1. The Labute approximate surface area is 117 Å². The molecule has 1 N–H and O–H groups in total. The van der Waals surface area contributed by atoms with Crippen molar-refractivity contribution in [1.29, 1.82) is 5.26 Å². The van der Waals surface area contributed by atoms with Crippen molar-refractivity contribution in [3.63, 3.8) is 0 Å². The number of rotatable bonds is 4. The van der Waals surface area contributed by atoms with E-state index in [4.69, 9.17) is 21.6 Å². The Bertz CT molecular complexity index is 603. The lowest BCUT2D eigenvalue weighted by Crippen LogP contribution is -2.02. The van der Waals surface area contributed by atoms with E-state index < -0.39 is 0 Å². The maximum Gasteiger partial charge on any atom is 0.123 e. The van der Waals surface area contributed by atoms with E-state index in [2.05, 4.69) is 11.4 Å². The zero-order chi connectivity index (χ0) is 13.7. The van der Waals surface area contributed by atoms with E-state index in [9.17, 15) is 0 Å². The average Bonchev–Trinajstić information content (AvgIpc) is 2.46. The molecule has 3 nitrogen and oxygen atoms in total. The molecule has 0 fully saturated rings. The van der Waals surface area contributed by atoms with Gasteiger partial charge in [-0.3, -0.25) is 0 Å². The molecule has 0 bridgehead atoms. The third-order valence-electron chi connectivity index (χ3n) is 2.74. The first-order valence-electron chi connectivity index (χ1n) is 5.79. The zero-order valence-corrected chi connectivity index (χ0v) is 11.2. The predicted molar refractivity (Wildman–Crippen MR) is 76.5 cm³/mol. The van der Waals surface area contributed by atoms with Gasteiger partial charge in [0.05, 0.1) is 18.7 Å². The fourth-order valence-corrected chi connectivity index (χ4v) is 1.88. The van der Waals surface area contributed by atoms with Gasteiger partial charge in [0.25, 0.3) is 0 Å². The lowest BCUT2D eigenvalue weighted by molar-refractivity contribution is 0.410. The van der Waals surface area contributed by atoms with Gasteiger partial charge in [0.15, 0.2) is 0 Å². The minimum Gasteiger partial charge on any atom is -0.496 e. The number of anilines is 1. The normalized spacial score (nSPS) is 9.74. The third-order valence-corrected chi connectivity index (χ3v) is 2.99. The van der Waals surface area contributed by atoms with Gasteiger partial charge in [0.2, 0.25) is 0 Å². The molecular weight excluding hydrogens is 260 g/mol. The molecule has 0 unspecified atom stereocenters. The van der Waals surface area contributed by atoms with Crippen molar-refractivity contribution >= 4 is 17.3 Å². The molecule has 0 aromatic heterocycles. The molecule has 0 aliphatic rings. The lowest BCUT2D eigenvalue weighted by atomic mass is 10.1. The Morgan fingerprint density at radius 3 is 2.58 bits per heavy atom. The molecule has 96 valence electrons. The molecular formula is C15H13ClN2O. The van der Waals surface area contributed by atoms with E-state index in [1.807, 2.05) is 30.3 Å². The number of hydrogen-bond acceptors (Lipinski definition) is 3. The Kier molecular flexibility index (Phi) is 4.27. The Morgan fingerprint density at radius 2 is 1.95 bits per heavy atom. The summed E-state index contributed by atoms with van der Waals surface area (Å²) in [5.74, 6) is 0.764. The third kappa shape index (κ3) is 3.40. The van der Waals surface area contributed by atoms with Crippen LogP contribution in [0.5, 0.6) is 5.75 Å². The van der Waals surface area contributed by atoms with E-state index in [1.54, 1.807) is 19.2 Å². The largest absolute Gasteiger partial charge is 0.496 e. The highest BCUT2D eigenvalue weighted by atomic mass is 35.5. The van der Waals surface area contributed by atoms with Crippen LogP contribution in [-0.2, 0) is 6.54 Å². The summed E-state index contributed by atoms with van der Waals surface area (Å²) in [6.45, 7) is 0.584. The van der Waals surface area contributed by atoms with Crippen molar-refractivity contribution in [1.82, 2.24) is 0 Å². The van der Waals surface area contributed by atoms with Gasteiger partial charge in [-0.15, -0.1) is 0 Å². The van der Waals surface area contributed by atoms with Crippen molar-refractivity contribution < 1.29 is 4.74 Å². The van der Waals surface area contributed by atoms with Gasteiger partial charge >= 0.3 is 0 Å². The molecule has 0 saturated carbocycles. The van der Waals surface area contributed by atoms with Crippen LogP contribution in [-0.4, -0.2) is 7.11 Å². The summed E-state index contributed by atoms with van der Waals surface area (Å²) in [6.07, 6.45) is 0. The molecule has 19 heavy (non-hydrogen) atoms. The van der Waals surface area contributed by atoms with Crippen LogP contribution in [0.1, 0.15) is 11.1 Å². The molecule has 0 aliphatic carbocycles. The molecule has 0 spiro atoms. The molecule has 0 atom stereocenters. The number of ether oxygens (including phenoxy) is 1. The second-order valence-electron chi connectivity index (χ2n) is 4.00. The molecule has 2 rings (SSSR count). The van der Waals surface area contributed by atoms with Crippen LogP contribution in [0.3, 0.4) is 0 Å². The van der Waals surface area contributed by atoms with Crippen LogP contribution in [0.25, 0.3) is 0 Å². The summed E-state index contributed by atoms with van der Waals surface area (Å²) in [4.78, 5) is 0.